The first-order valence-electron chi connectivity index (χ1n) is 13.0. The Kier molecular flexibility index (Phi) is 7.07. The third-order valence-electron chi connectivity index (χ3n) is 7.66. The van der Waals surface area contributed by atoms with Gasteiger partial charge in [-0.25, -0.2) is 4.68 Å². The average Bonchev–Trinajstić information content (AvgIpc) is 3.44. The van der Waals surface area contributed by atoms with Crippen LogP contribution in [-0.2, 0) is 5.54 Å². The van der Waals surface area contributed by atoms with Crippen LogP contribution < -0.4 is 19.9 Å². The molecule has 5 rings (SSSR count). The van der Waals surface area contributed by atoms with Gasteiger partial charge >= 0.3 is 0 Å². The van der Waals surface area contributed by atoms with Crippen molar-refractivity contribution in [1.82, 2.24) is 30.1 Å². The molecule has 0 unspecified atom stereocenters. The molecule has 10 heteroatoms. The molecule has 1 aliphatic heterocycles. The van der Waals surface area contributed by atoms with Crippen LogP contribution >= 0.6 is 0 Å². The summed E-state index contributed by atoms with van der Waals surface area (Å²) in [7, 11) is 3.33. The number of benzene rings is 2. The van der Waals surface area contributed by atoms with Crippen LogP contribution in [0.2, 0.25) is 0 Å². The van der Waals surface area contributed by atoms with Crippen LogP contribution in [0.4, 0.5) is 5.69 Å². The fourth-order valence-electron chi connectivity index (χ4n) is 5.09. The van der Waals surface area contributed by atoms with Gasteiger partial charge in [0.05, 0.1) is 25.4 Å². The molecule has 1 saturated heterocycles. The van der Waals surface area contributed by atoms with E-state index < -0.39 is 6.04 Å². The number of H-pyrrole nitrogens is 1. The van der Waals surface area contributed by atoms with Crippen LogP contribution in [0.3, 0.4) is 0 Å². The third-order valence-corrected chi connectivity index (χ3v) is 7.66. The van der Waals surface area contributed by atoms with Gasteiger partial charge in [0.15, 0.2) is 5.82 Å². The summed E-state index contributed by atoms with van der Waals surface area (Å²) in [6.45, 7) is 9.32. The van der Waals surface area contributed by atoms with Crippen LogP contribution in [0.15, 0.2) is 53.3 Å². The summed E-state index contributed by atoms with van der Waals surface area (Å²) < 4.78 is 12.9. The molecule has 0 aliphatic carbocycles. The number of aromatic nitrogens is 5. The predicted molar refractivity (Wildman–Crippen MR) is 147 cm³/mol. The summed E-state index contributed by atoms with van der Waals surface area (Å²) in [5.41, 5.74) is 1.97. The number of nitrogens with zero attached hydrogens (tertiary/aromatic N) is 6. The minimum absolute atomic E-state index is 0.149. The molecule has 3 heterocycles. The fraction of sp³-hybridized carbons (Fsp3) is 0.429. The number of hydrogen-bond donors (Lipinski definition) is 1. The molecular formula is C28H35N7O3. The molecule has 200 valence electrons. The molecule has 0 bridgehead atoms. The van der Waals surface area contributed by atoms with Crippen LogP contribution in [-0.4, -0.2) is 70.5 Å². The van der Waals surface area contributed by atoms with E-state index in [0.717, 1.165) is 60.7 Å². The van der Waals surface area contributed by atoms with E-state index in [1.807, 2.05) is 47.1 Å². The van der Waals surface area contributed by atoms with Crippen LogP contribution in [0.1, 0.15) is 44.6 Å². The molecule has 0 spiro atoms. The fourth-order valence-corrected chi connectivity index (χ4v) is 5.09. The zero-order valence-corrected chi connectivity index (χ0v) is 22.6. The summed E-state index contributed by atoms with van der Waals surface area (Å²) in [4.78, 5) is 21.2. The van der Waals surface area contributed by atoms with Crippen molar-refractivity contribution in [2.24, 2.45) is 0 Å². The molecule has 0 saturated carbocycles. The first kappa shape index (κ1) is 25.7. The largest absolute Gasteiger partial charge is 0.497 e. The highest BCUT2D eigenvalue weighted by Crippen LogP contribution is 2.34. The number of pyridine rings is 1. The second-order valence-electron chi connectivity index (χ2n) is 10.2. The van der Waals surface area contributed by atoms with Gasteiger partial charge in [0, 0.05) is 42.6 Å². The van der Waals surface area contributed by atoms with Gasteiger partial charge in [-0.3, -0.25) is 9.69 Å². The van der Waals surface area contributed by atoms with Crippen molar-refractivity contribution in [1.29, 1.82) is 0 Å². The first-order valence-corrected chi connectivity index (χ1v) is 13.0. The quantitative estimate of drug-likeness (QED) is 0.378. The molecule has 1 fully saturated rings. The Bertz CT molecular complexity index is 1470. The summed E-state index contributed by atoms with van der Waals surface area (Å²) in [5.74, 6) is 2.25. The lowest BCUT2D eigenvalue weighted by atomic mass is 9.98. The van der Waals surface area contributed by atoms with E-state index >= 15 is 0 Å². The van der Waals surface area contributed by atoms with E-state index in [-0.39, 0.29) is 11.1 Å². The maximum atomic E-state index is 13.5. The topological polar surface area (TPSA) is 101 Å². The van der Waals surface area contributed by atoms with E-state index in [1.54, 1.807) is 14.2 Å². The van der Waals surface area contributed by atoms with Crippen molar-refractivity contribution in [2.45, 2.75) is 38.8 Å². The number of ether oxygens (including phenoxy) is 2. The molecule has 1 N–H and O–H groups in total. The SMILES string of the molecule is CCC(C)(C)n1nnnc1[C@@H](c1cc2cc(OC)ccc2[nH]c1=O)N1CCN(c2ccccc2OC)CC1. The van der Waals surface area contributed by atoms with Crippen molar-refractivity contribution in [3.8, 4) is 11.5 Å². The molecule has 0 radical (unpaired) electrons. The Hall–Kier alpha value is -3.92. The van der Waals surface area contributed by atoms with Crippen LogP contribution in [0.25, 0.3) is 10.9 Å². The molecule has 1 aliphatic rings. The number of nitrogens with one attached hydrogen (secondary N) is 1. The molecule has 4 aromatic rings. The van der Waals surface area contributed by atoms with Gasteiger partial charge in [-0.2, -0.15) is 0 Å². The van der Waals surface area contributed by atoms with Gasteiger partial charge in [0.25, 0.3) is 5.56 Å². The van der Waals surface area contributed by atoms with Crippen LogP contribution in [0, 0.1) is 0 Å². The lowest BCUT2D eigenvalue weighted by molar-refractivity contribution is 0.186. The maximum absolute atomic E-state index is 13.5. The molecule has 2 aromatic carbocycles. The number of anilines is 1. The maximum Gasteiger partial charge on any atom is 0.253 e. The number of piperazine rings is 1. The number of hydrogen-bond acceptors (Lipinski definition) is 8. The Morgan fingerprint density at radius 2 is 1.79 bits per heavy atom. The third kappa shape index (κ3) is 4.71. The van der Waals surface area contributed by atoms with Crippen molar-refractivity contribution in [3.05, 3.63) is 70.3 Å². The molecular weight excluding hydrogens is 482 g/mol. The van der Waals surface area contributed by atoms with E-state index in [0.29, 0.717) is 11.4 Å². The number of methoxy groups -OCH3 is 2. The van der Waals surface area contributed by atoms with E-state index in [1.165, 1.54) is 0 Å². The van der Waals surface area contributed by atoms with Gasteiger partial charge < -0.3 is 19.4 Å². The highest BCUT2D eigenvalue weighted by atomic mass is 16.5. The normalized spacial score (nSPS) is 15.6. The lowest BCUT2D eigenvalue weighted by Gasteiger charge is -2.40. The number of tetrazole rings is 1. The second kappa shape index (κ2) is 10.4. The van der Waals surface area contributed by atoms with E-state index in [9.17, 15) is 4.79 Å². The molecule has 38 heavy (non-hydrogen) atoms. The number of fused-ring (bicyclic) bond motifs is 1. The van der Waals surface area contributed by atoms with Crippen molar-refractivity contribution >= 4 is 16.6 Å². The van der Waals surface area contributed by atoms with Gasteiger partial charge in [0.1, 0.15) is 17.5 Å². The van der Waals surface area contributed by atoms with Crippen LogP contribution in [0.5, 0.6) is 11.5 Å². The predicted octanol–water partition coefficient (Wildman–Crippen LogP) is 3.59. The zero-order valence-electron chi connectivity index (χ0n) is 22.6. The summed E-state index contributed by atoms with van der Waals surface area (Å²) in [6, 6.07) is 15.2. The first-order chi connectivity index (χ1) is 18.4. The molecule has 1 atom stereocenters. The number of rotatable bonds is 8. The Labute approximate surface area is 222 Å². The molecule has 2 aromatic heterocycles. The lowest BCUT2D eigenvalue weighted by Crippen LogP contribution is -2.49. The molecule has 10 nitrogen and oxygen atoms in total. The van der Waals surface area contributed by atoms with Crippen molar-refractivity contribution in [2.75, 3.05) is 45.3 Å². The summed E-state index contributed by atoms with van der Waals surface area (Å²) in [5, 5.41) is 13.8. The summed E-state index contributed by atoms with van der Waals surface area (Å²) >= 11 is 0. The van der Waals surface area contributed by atoms with Gasteiger partial charge in [-0.15, -0.1) is 5.10 Å². The second-order valence-corrected chi connectivity index (χ2v) is 10.2. The Balaban J connectivity index is 1.57. The zero-order chi connectivity index (χ0) is 26.9. The highest BCUT2D eigenvalue weighted by Gasteiger charge is 2.36. The van der Waals surface area contributed by atoms with Gasteiger partial charge in [-0.05, 0) is 67.1 Å². The van der Waals surface area contributed by atoms with Crippen molar-refractivity contribution < 1.29 is 9.47 Å². The monoisotopic (exact) mass is 517 g/mol. The Morgan fingerprint density at radius 1 is 1.03 bits per heavy atom. The average molecular weight is 518 g/mol. The smallest absolute Gasteiger partial charge is 0.253 e. The highest BCUT2D eigenvalue weighted by molar-refractivity contribution is 5.80. The van der Waals surface area contributed by atoms with Gasteiger partial charge in [0.2, 0.25) is 0 Å². The number of para-hydroxylation sites is 2. The van der Waals surface area contributed by atoms with E-state index in [2.05, 4.69) is 57.1 Å². The standard InChI is InChI=1S/C28H35N7O3/c1-6-28(2,3)35-26(30-31-32-35)25(21-18-19-17-20(37-4)11-12-22(19)29-27(21)36)34-15-13-33(14-16-34)23-9-7-8-10-24(23)38-5/h7-12,17-18,25H,6,13-16H2,1-5H3,(H,29,36)/t25-/m1/s1. The number of aromatic amines is 1. The van der Waals surface area contributed by atoms with E-state index in [4.69, 9.17) is 9.47 Å². The molecule has 0 amide bonds. The van der Waals surface area contributed by atoms with Gasteiger partial charge in [-0.1, -0.05) is 19.1 Å². The van der Waals surface area contributed by atoms with Crippen molar-refractivity contribution in [3.63, 3.8) is 0 Å². The Morgan fingerprint density at radius 3 is 2.50 bits per heavy atom. The minimum Gasteiger partial charge on any atom is -0.497 e. The minimum atomic E-state index is -0.421. The summed E-state index contributed by atoms with van der Waals surface area (Å²) in [6.07, 6.45) is 0.838.